The van der Waals surface area contributed by atoms with Gasteiger partial charge in [0.05, 0.1) is 11.4 Å². The van der Waals surface area contributed by atoms with E-state index >= 15 is 0 Å². The van der Waals surface area contributed by atoms with Crippen molar-refractivity contribution in [1.29, 1.82) is 0 Å². The van der Waals surface area contributed by atoms with Crippen LogP contribution in [0.5, 0.6) is 0 Å². The van der Waals surface area contributed by atoms with Gasteiger partial charge < -0.3 is 11.1 Å². The predicted octanol–water partition coefficient (Wildman–Crippen LogP) is 3.58. The molecular formula is C15H17FN2. The standard InChI is InChI=1S/C15H17FN2/c1-2-11-5-3-4-6-12(11)10-18-15-9-13(16)7-8-14(15)17/h3-9,18H,2,10,17H2,1H3. The lowest BCUT2D eigenvalue weighted by Crippen LogP contribution is -2.05. The fourth-order valence-corrected chi connectivity index (χ4v) is 1.95. The number of anilines is 2. The van der Waals surface area contributed by atoms with Crippen LogP contribution in [0.3, 0.4) is 0 Å². The molecule has 0 amide bonds. The largest absolute Gasteiger partial charge is 0.397 e. The van der Waals surface area contributed by atoms with Gasteiger partial charge in [-0.15, -0.1) is 0 Å². The Morgan fingerprint density at radius 2 is 1.83 bits per heavy atom. The summed E-state index contributed by atoms with van der Waals surface area (Å²) < 4.78 is 13.1. The molecule has 0 spiro atoms. The number of nitrogen functional groups attached to an aromatic ring is 1. The maximum Gasteiger partial charge on any atom is 0.125 e. The molecule has 0 radical (unpaired) electrons. The molecule has 3 N–H and O–H groups in total. The Balaban J connectivity index is 2.14. The Kier molecular flexibility index (Phi) is 3.82. The second-order valence-electron chi connectivity index (χ2n) is 4.21. The van der Waals surface area contributed by atoms with E-state index in [-0.39, 0.29) is 5.82 Å². The number of hydrogen-bond donors (Lipinski definition) is 2. The van der Waals surface area contributed by atoms with Gasteiger partial charge in [-0.3, -0.25) is 0 Å². The van der Waals surface area contributed by atoms with Gasteiger partial charge in [-0.05, 0) is 35.7 Å². The van der Waals surface area contributed by atoms with Crippen molar-refractivity contribution in [1.82, 2.24) is 0 Å². The van der Waals surface area contributed by atoms with Crippen LogP contribution in [0.15, 0.2) is 42.5 Å². The topological polar surface area (TPSA) is 38.0 Å². The minimum atomic E-state index is -0.282. The Bertz CT molecular complexity index is 538. The van der Waals surface area contributed by atoms with E-state index in [2.05, 4.69) is 24.4 Å². The summed E-state index contributed by atoms with van der Waals surface area (Å²) in [5.41, 5.74) is 9.50. The molecule has 2 rings (SSSR count). The molecular weight excluding hydrogens is 227 g/mol. The van der Waals surface area contributed by atoms with Crippen molar-refractivity contribution in [2.45, 2.75) is 19.9 Å². The zero-order valence-corrected chi connectivity index (χ0v) is 10.4. The molecule has 2 nitrogen and oxygen atoms in total. The van der Waals surface area contributed by atoms with Crippen molar-refractivity contribution >= 4 is 11.4 Å². The number of hydrogen-bond acceptors (Lipinski definition) is 2. The van der Waals surface area contributed by atoms with Crippen LogP contribution in [-0.4, -0.2) is 0 Å². The van der Waals surface area contributed by atoms with Crippen molar-refractivity contribution in [2.75, 3.05) is 11.1 Å². The molecule has 0 fully saturated rings. The van der Waals surface area contributed by atoms with E-state index in [1.165, 1.54) is 23.3 Å². The zero-order chi connectivity index (χ0) is 13.0. The minimum Gasteiger partial charge on any atom is -0.397 e. The van der Waals surface area contributed by atoms with Gasteiger partial charge in [0.25, 0.3) is 0 Å². The van der Waals surface area contributed by atoms with Crippen LogP contribution in [0.25, 0.3) is 0 Å². The smallest absolute Gasteiger partial charge is 0.125 e. The molecule has 0 aliphatic carbocycles. The summed E-state index contributed by atoms with van der Waals surface area (Å²) in [6, 6.07) is 12.6. The highest BCUT2D eigenvalue weighted by Crippen LogP contribution is 2.20. The normalized spacial score (nSPS) is 10.3. The quantitative estimate of drug-likeness (QED) is 0.807. The van der Waals surface area contributed by atoms with E-state index in [4.69, 9.17) is 5.73 Å². The van der Waals surface area contributed by atoms with E-state index < -0.39 is 0 Å². The third-order valence-electron chi connectivity index (χ3n) is 2.98. The number of nitrogens with two attached hydrogens (primary N) is 1. The molecule has 3 heteroatoms. The molecule has 0 bridgehead atoms. The van der Waals surface area contributed by atoms with Crippen molar-refractivity contribution in [2.24, 2.45) is 0 Å². The molecule has 0 aromatic heterocycles. The van der Waals surface area contributed by atoms with Gasteiger partial charge >= 0.3 is 0 Å². The highest BCUT2D eigenvalue weighted by Gasteiger charge is 2.03. The number of rotatable bonds is 4. The van der Waals surface area contributed by atoms with E-state index in [1.807, 2.05) is 12.1 Å². The molecule has 94 valence electrons. The first-order valence-corrected chi connectivity index (χ1v) is 6.06. The van der Waals surface area contributed by atoms with Crippen LogP contribution >= 0.6 is 0 Å². The van der Waals surface area contributed by atoms with E-state index in [1.54, 1.807) is 6.07 Å². The second-order valence-corrected chi connectivity index (χ2v) is 4.21. The van der Waals surface area contributed by atoms with Crippen LogP contribution < -0.4 is 11.1 Å². The average molecular weight is 244 g/mol. The molecule has 0 aliphatic rings. The van der Waals surface area contributed by atoms with Gasteiger partial charge in [0, 0.05) is 6.54 Å². The number of halogens is 1. The Labute approximate surface area is 107 Å². The van der Waals surface area contributed by atoms with Crippen LogP contribution in [0, 0.1) is 5.82 Å². The second kappa shape index (κ2) is 5.54. The SMILES string of the molecule is CCc1ccccc1CNc1cc(F)ccc1N. The summed E-state index contributed by atoms with van der Waals surface area (Å²) in [5.74, 6) is -0.282. The summed E-state index contributed by atoms with van der Waals surface area (Å²) in [6.07, 6.45) is 0.983. The first-order valence-electron chi connectivity index (χ1n) is 6.06. The summed E-state index contributed by atoms with van der Waals surface area (Å²) in [4.78, 5) is 0. The fraction of sp³-hybridized carbons (Fsp3) is 0.200. The molecule has 0 aliphatic heterocycles. The highest BCUT2D eigenvalue weighted by molar-refractivity contribution is 5.66. The number of nitrogens with one attached hydrogen (secondary N) is 1. The molecule has 2 aromatic carbocycles. The molecule has 18 heavy (non-hydrogen) atoms. The van der Waals surface area contributed by atoms with Crippen molar-refractivity contribution in [3.8, 4) is 0 Å². The molecule has 0 heterocycles. The Hall–Kier alpha value is -2.03. The predicted molar refractivity (Wildman–Crippen MR) is 74.0 cm³/mol. The van der Waals surface area contributed by atoms with Gasteiger partial charge in [-0.2, -0.15) is 0 Å². The van der Waals surface area contributed by atoms with Crippen LogP contribution in [0.2, 0.25) is 0 Å². The lowest BCUT2D eigenvalue weighted by Gasteiger charge is -2.12. The van der Waals surface area contributed by atoms with E-state index in [0.717, 1.165) is 6.42 Å². The van der Waals surface area contributed by atoms with Gasteiger partial charge in [0.15, 0.2) is 0 Å². The molecule has 0 saturated heterocycles. The van der Waals surface area contributed by atoms with Gasteiger partial charge in [-0.25, -0.2) is 4.39 Å². The lowest BCUT2D eigenvalue weighted by atomic mass is 10.1. The molecule has 0 unspecified atom stereocenters. The third kappa shape index (κ3) is 2.80. The maximum absolute atomic E-state index is 13.1. The number of aryl methyl sites for hydroxylation is 1. The highest BCUT2D eigenvalue weighted by atomic mass is 19.1. The average Bonchev–Trinajstić information content (AvgIpc) is 2.40. The molecule has 0 saturated carbocycles. The Morgan fingerprint density at radius 3 is 2.56 bits per heavy atom. The number of benzene rings is 2. The van der Waals surface area contributed by atoms with E-state index in [9.17, 15) is 4.39 Å². The van der Waals surface area contributed by atoms with Gasteiger partial charge in [-0.1, -0.05) is 31.2 Å². The zero-order valence-electron chi connectivity index (χ0n) is 10.4. The summed E-state index contributed by atoms with van der Waals surface area (Å²) >= 11 is 0. The molecule has 2 aromatic rings. The first kappa shape index (κ1) is 12.4. The summed E-state index contributed by atoms with van der Waals surface area (Å²) in [5, 5.41) is 3.18. The Morgan fingerprint density at radius 1 is 1.11 bits per heavy atom. The first-order chi connectivity index (χ1) is 8.70. The van der Waals surface area contributed by atoms with Crippen LogP contribution in [0.1, 0.15) is 18.1 Å². The third-order valence-corrected chi connectivity index (χ3v) is 2.98. The van der Waals surface area contributed by atoms with Crippen LogP contribution in [-0.2, 0) is 13.0 Å². The lowest BCUT2D eigenvalue weighted by molar-refractivity contribution is 0.628. The van der Waals surface area contributed by atoms with Crippen molar-refractivity contribution in [3.63, 3.8) is 0 Å². The maximum atomic E-state index is 13.1. The minimum absolute atomic E-state index is 0.282. The fourth-order valence-electron chi connectivity index (χ4n) is 1.95. The summed E-state index contributed by atoms with van der Waals surface area (Å²) in [7, 11) is 0. The van der Waals surface area contributed by atoms with Crippen molar-refractivity contribution in [3.05, 3.63) is 59.4 Å². The van der Waals surface area contributed by atoms with Gasteiger partial charge in [0.2, 0.25) is 0 Å². The molecule has 0 atom stereocenters. The van der Waals surface area contributed by atoms with Crippen LogP contribution in [0.4, 0.5) is 15.8 Å². The summed E-state index contributed by atoms with van der Waals surface area (Å²) in [6.45, 7) is 2.77. The van der Waals surface area contributed by atoms with E-state index in [0.29, 0.717) is 17.9 Å². The monoisotopic (exact) mass is 244 g/mol. The van der Waals surface area contributed by atoms with Crippen molar-refractivity contribution < 1.29 is 4.39 Å². The van der Waals surface area contributed by atoms with Gasteiger partial charge in [0.1, 0.15) is 5.82 Å².